The third-order valence-corrected chi connectivity index (χ3v) is 1.87. The summed E-state index contributed by atoms with van der Waals surface area (Å²) in [6.45, 7) is 10.2. The van der Waals surface area contributed by atoms with Gasteiger partial charge in [-0.25, -0.2) is 0 Å². The van der Waals surface area contributed by atoms with E-state index in [0.29, 0.717) is 13.0 Å². The molecule has 0 aromatic rings. The van der Waals surface area contributed by atoms with Crippen molar-refractivity contribution in [1.29, 1.82) is 0 Å². The van der Waals surface area contributed by atoms with E-state index >= 15 is 0 Å². The van der Waals surface area contributed by atoms with Crippen LogP contribution in [-0.4, -0.2) is 25.5 Å². The zero-order valence-corrected chi connectivity index (χ0v) is 9.31. The second kappa shape index (κ2) is 8.75. The first-order valence-corrected chi connectivity index (χ1v) is 5.25. The van der Waals surface area contributed by atoms with Gasteiger partial charge in [-0.3, -0.25) is 4.79 Å². The van der Waals surface area contributed by atoms with Crippen LogP contribution in [0.3, 0.4) is 0 Å². The Balaban J connectivity index is 3.18. The van der Waals surface area contributed by atoms with Crippen LogP contribution in [0, 0.1) is 5.92 Å². The maximum Gasteiger partial charge on any atom is 0.221 e. The van der Waals surface area contributed by atoms with Crippen molar-refractivity contribution in [3.8, 4) is 0 Å². The lowest BCUT2D eigenvalue weighted by Crippen LogP contribution is -2.28. The monoisotopic (exact) mass is 198 g/mol. The molecule has 0 heterocycles. The van der Waals surface area contributed by atoms with Crippen molar-refractivity contribution in [2.75, 3.05) is 19.6 Å². The fourth-order valence-electron chi connectivity index (χ4n) is 0.992. The average molecular weight is 198 g/mol. The standard InChI is InChI=1S/C11H22N2O/c1-4-7-13-11(14)6-9-12-8-5-10(2)3/h4,10,12H,1,5-9H2,2-3H3,(H,13,14). The van der Waals surface area contributed by atoms with Crippen LogP contribution in [0.15, 0.2) is 12.7 Å². The third-order valence-electron chi connectivity index (χ3n) is 1.87. The summed E-state index contributed by atoms with van der Waals surface area (Å²) < 4.78 is 0. The molecule has 0 saturated heterocycles. The lowest BCUT2D eigenvalue weighted by atomic mass is 10.1. The number of amides is 1. The summed E-state index contributed by atoms with van der Waals surface area (Å²) in [7, 11) is 0. The van der Waals surface area contributed by atoms with E-state index in [4.69, 9.17) is 0 Å². The lowest BCUT2D eigenvalue weighted by Gasteiger charge is -2.06. The van der Waals surface area contributed by atoms with Gasteiger partial charge < -0.3 is 10.6 Å². The molecule has 0 aromatic heterocycles. The van der Waals surface area contributed by atoms with E-state index in [9.17, 15) is 4.79 Å². The van der Waals surface area contributed by atoms with Crippen molar-refractivity contribution < 1.29 is 4.79 Å². The quantitative estimate of drug-likeness (QED) is 0.456. The van der Waals surface area contributed by atoms with Crippen LogP contribution >= 0.6 is 0 Å². The molecule has 3 heteroatoms. The molecule has 0 aliphatic heterocycles. The second-order valence-corrected chi connectivity index (χ2v) is 3.78. The van der Waals surface area contributed by atoms with E-state index in [-0.39, 0.29) is 5.91 Å². The Hall–Kier alpha value is -0.830. The van der Waals surface area contributed by atoms with Crippen LogP contribution < -0.4 is 10.6 Å². The first-order valence-electron chi connectivity index (χ1n) is 5.25. The van der Waals surface area contributed by atoms with Crippen molar-refractivity contribution in [3.05, 3.63) is 12.7 Å². The molecule has 0 saturated carbocycles. The Morgan fingerprint density at radius 3 is 2.71 bits per heavy atom. The summed E-state index contributed by atoms with van der Waals surface area (Å²) in [4.78, 5) is 11.1. The first-order chi connectivity index (χ1) is 6.66. The summed E-state index contributed by atoms with van der Waals surface area (Å²) >= 11 is 0. The highest BCUT2D eigenvalue weighted by molar-refractivity contribution is 5.76. The zero-order valence-electron chi connectivity index (χ0n) is 9.31. The first kappa shape index (κ1) is 13.2. The minimum atomic E-state index is 0.0851. The number of rotatable bonds is 8. The summed E-state index contributed by atoms with van der Waals surface area (Å²) in [5.74, 6) is 0.805. The molecule has 0 aliphatic carbocycles. The number of carbonyl (C=O) groups excluding carboxylic acids is 1. The minimum absolute atomic E-state index is 0.0851. The minimum Gasteiger partial charge on any atom is -0.353 e. The van der Waals surface area contributed by atoms with Gasteiger partial charge in [-0.1, -0.05) is 19.9 Å². The van der Waals surface area contributed by atoms with Gasteiger partial charge >= 0.3 is 0 Å². The highest BCUT2D eigenvalue weighted by Crippen LogP contribution is 1.95. The van der Waals surface area contributed by atoms with Crippen molar-refractivity contribution in [3.63, 3.8) is 0 Å². The molecule has 0 fully saturated rings. The predicted molar refractivity (Wildman–Crippen MR) is 60.1 cm³/mol. The molecule has 3 nitrogen and oxygen atoms in total. The molecule has 82 valence electrons. The molecule has 0 bridgehead atoms. The van der Waals surface area contributed by atoms with E-state index in [2.05, 4.69) is 31.1 Å². The van der Waals surface area contributed by atoms with E-state index in [1.165, 1.54) is 0 Å². The van der Waals surface area contributed by atoms with E-state index in [1.54, 1.807) is 6.08 Å². The van der Waals surface area contributed by atoms with Gasteiger partial charge in [-0.2, -0.15) is 0 Å². The topological polar surface area (TPSA) is 41.1 Å². The molecule has 0 radical (unpaired) electrons. The van der Waals surface area contributed by atoms with Gasteiger partial charge in [0.1, 0.15) is 0 Å². The molecular weight excluding hydrogens is 176 g/mol. The van der Waals surface area contributed by atoms with Crippen molar-refractivity contribution >= 4 is 5.91 Å². The molecule has 0 atom stereocenters. The maximum absolute atomic E-state index is 11.1. The highest BCUT2D eigenvalue weighted by Gasteiger charge is 1.98. The number of carbonyl (C=O) groups is 1. The predicted octanol–water partition coefficient (Wildman–Crippen LogP) is 1.31. The fourth-order valence-corrected chi connectivity index (χ4v) is 0.992. The van der Waals surface area contributed by atoms with Gasteiger partial charge in [0.25, 0.3) is 0 Å². The third kappa shape index (κ3) is 9.26. The Morgan fingerprint density at radius 2 is 2.14 bits per heavy atom. The molecule has 0 unspecified atom stereocenters. The summed E-state index contributed by atoms with van der Waals surface area (Å²) in [6.07, 6.45) is 3.39. The van der Waals surface area contributed by atoms with Crippen LogP contribution in [0.4, 0.5) is 0 Å². The maximum atomic E-state index is 11.1. The van der Waals surface area contributed by atoms with Gasteiger partial charge in [0.05, 0.1) is 0 Å². The second-order valence-electron chi connectivity index (χ2n) is 3.78. The van der Waals surface area contributed by atoms with Crippen molar-refractivity contribution in [2.45, 2.75) is 26.7 Å². The normalized spacial score (nSPS) is 10.2. The van der Waals surface area contributed by atoms with Crippen LogP contribution in [0.5, 0.6) is 0 Å². The molecule has 0 spiro atoms. The van der Waals surface area contributed by atoms with Crippen LogP contribution in [0.25, 0.3) is 0 Å². The molecule has 0 aromatic carbocycles. The molecule has 2 N–H and O–H groups in total. The van der Waals surface area contributed by atoms with Crippen LogP contribution in [0.1, 0.15) is 26.7 Å². The Labute approximate surface area is 87.0 Å². The zero-order chi connectivity index (χ0) is 10.8. The van der Waals surface area contributed by atoms with E-state index in [0.717, 1.165) is 25.4 Å². The van der Waals surface area contributed by atoms with E-state index < -0.39 is 0 Å². The van der Waals surface area contributed by atoms with Gasteiger partial charge in [-0.05, 0) is 18.9 Å². The number of nitrogens with one attached hydrogen (secondary N) is 2. The highest BCUT2D eigenvalue weighted by atomic mass is 16.1. The van der Waals surface area contributed by atoms with Crippen molar-refractivity contribution in [2.24, 2.45) is 5.92 Å². The van der Waals surface area contributed by atoms with Gasteiger partial charge in [0.15, 0.2) is 0 Å². The Morgan fingerprint density at radius 1 is 1.43 bits per heavy atom. The number of hydrogen-bond donors (Lipinski definition) is 2. The van der Waals surface area contributed by atoms with Crippen LogP contribution in [-0.2, 0) is 4.79 Å². The van der Waals surface area contributed by atoms with Crippen LogP contribution in [0.2, 0.25) is 0 Å². The van der Waals surface area contributed by atoms with Crippen molar-refractivity contribution in [1.82, 2.24) is 10.6 Å². The summed E-state index contributed by atoms with van der Waals surface area (Å²) in [6, 6.07) is 0. The number of hydrogen-bond acceptors (Lipinski definition) is 2. The summed E-state index contributed by atoms with van der Waals surface area (Å²) in [5.41, 5.74) is 0. The lowest BCUT2D eigenvalue weighted by molar-refractivity contribution is -0.120. The van der Waals surface area contributed by atoms with E-state index in [1.807, 2.05) is 0 Å². The molecule has 14 heavy (non-hydrogen) atoms. The largest absolute Gasteiger partial charge is 0.353 e. The average Bonchev–Trinajstić information content (AvgIpc) is 2.13. The SMILES string of the molecule is C=CCNC(=O)CCNCCC(C)C. The molecular formula is C11H22N2O. The van der Waals surface area contributed by atoms with Gasteiger partial charge in [-0.15, -0.1) is 6.58 Å². The molecule has 0 aliphatic rings. The van der Waals surface area contributed by atoms with Gasteiger partial charge in [0.2, 0.25) is 5.91 Å². The smallest absolute Gasteiger partial charge is 0.221 e. The van der Waals surface area contributed by atoms with Gasteiger partial charge in [0, 0.05) is 19.5 Å². The molecule has 0 rings (SSSR count). The Bertz CT molecular complexity index is 167. The fraction of sp³-hybridized carbons (Fsp3) is 0.727. The Kier molecular flexibility index (Phi) is 8.24. The summed E-state index contributed by atoms with van der Waals surface area (Å²) in [5, 5.41) is 5.97. The molecule has 1 amide bonds.